The van der Waals surface area contributed by atoms with Crippen LogP contribution >= 0.6 is 34.8 Å². The van der Waals surface area contributed by atoms with Gasteiger partial charge in [0.15, 0.2) is 0 Å². The van der Waals surface area contributed by atoms with E-state index in [-0.39, 0.29) is 31.3 Å². The van der Waals surface area contributed by atoms with Crippen molar-refractivity contribution in [1.29, 1.82) is 0 Å². The summed E-state index contributed by atoms with van der Waals surface area (Å²) in [5, 5.41) is 0.392. The molecule has 0 N–H and O–H groups in total. The summed E-state index contributed by atoms with van der Waals surface area (Å²) < 4.78 is 34.9. The molecular formula is C25H22Cl3N3O4S. The number of rotatable bonds is 6. The van der Waals surface area contributed by atoms with Crippen LogP contribution in [0.4, 0.5) is 0 Å². The molecule has 11 heteroatoms. The van der Waals surface area contributed by atoms with Crippen molar-refractivity contribution in [2.24, 2.45) is 0 Å². The lowest BCUT2D eigenvalue weighted by Gasteiger charge is -2.27. The Morgan fingerprint density at radius 2 is 1.61 bits per heavy atom. The summed E-state index contributed by atoms with van der Waals surface area (Å²) >= 11 is 18.4. The molecule has 0 amide bonds. The van der Waals surface area contributed by atoms with Crippen LogP contribution in [0.3, 0.4) is 0 Å². The van der Waals surface area contributed by atoms with E-state index in [4.69, 9.17) is 44.5 Å². The van der Waals surface area contributed by atoms with Crippen molar-refractivity contribution < 1.29 is 13.2 Å². The van der Waals surface area contributed by atoms with E-state index in [0.29, 0.717) is 22.3 Å². The van der Waals surface area contributed by atoms with Gasteiger partial charge in [0.2, 0.25) is 10.0 Å². The summed E-state index contributed by atoms with van der Waals surface area (Å²) in [6.45, 7) is 3.53. The zero-order valence-electron chi connectivity index (χ0n) is 19.8. The van der Waals surface area contributed by atoms with Gasteiger partial charge in [-0.05, 0) is 67.9 Å². The summed E-state index contributed by atoms with van der Waals surface area (Å²) in [7, 11) is -1.29. The molecule has 0 aliphatic rings. The van der Waals surface area contributed by atoms with Gasteiger partial charge in [0.25, 0.3) is 5.56 Å². The fraction of sp³-hybridized carbons (Fsp3) is 0.200. The van der Waals surface area contributed by atoms with Crippen LogP contribution in [0, 0.1) is 6.92 Å². The molecule has 1 unspecified atom stereocenters. The SMILES string of the molecule is COc1ccc(-n2c(C(C)N(C)S(=O)(=O)c3c(Cl)cc(Cl)cc3Cl)nc3cc(C)ccc3c2=O)cc1. The first kappa shape index (κ1) is 26.4. The minimum atomic E-state index is -4.21. The number of halogens is 3. The van der Waals surface area contributed by atoms with E-state index in [2.05, 4.69) is 0 Å². The van der Waals surface area contributed by atoms with E-state index < -0.39 is 16.1 Å². The van der Waals surface area contributed by atoms with Crippen LogP contribution < -0.4 is 10.3 Å². The number of hydrogen-bond donors (Lipinski definition) is 0. The predicted octanol–water partition coefficient (Wildman–Crippen LogP) is 6.04. The fourth-order valence-corrected chi connectivity index (χ4v) is 6.68. The van der Waals surface area contributed by atoms with E-state index in [1.165, 1.54) is 23.7 Å². The Balaban J connectivity index is 1.94. The maximum atomic E-state index is 13.7. The Bertz CT molecular complexity index is 1610. The number of nitrogens with zero attached hydrogens (tertiary/aromatic N) is 3. The second-order valence-electron chi connectivity index (χ2n) is 8.22. The van der Waals surface area contributed by atoms with Crippen molar-refractivity contribution in [2.75, 3.05) is 14.2 Å². The number of aromatic nitrogens is 2. The Labute approximate surface area is 223 Å². The highest BCUT2D eigenvalue weighted by molar-refractivity contribution is 7.89. The summed E-state index contributed by atoms with van der Waals surface area (Å²) in [6.07, 6.45) is 0. The van der Waals surface area contributed by atoms with Gasteiger partial charge in [-0.25, -0.2) is 13.4 Å². The molecule has 1 heterocycles. The van der Waals surface area contributed by atoms with Gasteiger partial charge in [0.05, 0.1) is 39.8 Å². The topological polar surface area (TPSA) is 81.5 Å². The second-order valence-corrected chi connectivity index (χ2v) is 11.4. The molecule has 0 bridgehead atoms. The molecule has 188 valence electrons. The average Bonchev–Trinajstić information content (AvgIpc) is 2.82. The van der Waals surface area contributed by atoms with Crippen LogP contribution in [-0.2, 0) is 10.0 Å². The largest absolute Gasteiger partial charge is 0.497 e. The third-order valence-corrected chi connectivity index (χ3v) is 8.97. The zero-order chi connectivity index (χ0) is 26.4. The van der Waals surface area contributed by atoms with E-state index in [0.717, 1.165) is 9.87 Å². The van der Waals surface area contributed by atoms with Gasteiger partial charge in [-0.15, -0.1) is 0 Å². The van der Waals surface area contributed by atoms with Crippen LogP contribution in [0.5, 0.6) is 5.75 Å². The van der Waals surface area contributed by atoms with E-state index in [1.807, 2.05) is 13.0 Å². The monoisotopic (exact) mass is 565 g/mol. The highest BCUT2D eigenvalue weighted by Gasteiger charge is 2.33. The summed E-state index contributed by atoms with van der Waals surface area (Å²) in [4.78, 5) is 18.1. The van der Waals surface area contributed by atoms with Gasteiger partial charge in [0.1, 0.15) is 16.5 Å². The molecule has 3 aromatic carbocycles. The number of methoxy groups -OCH3 is 1. The zero-order valence-corrected chi connectivity index (χ0v) is 22.9. The highest BCUT2D eigenvalue weighted by Crippen LogP contribution is 2.36. The minimum absolute atomic E-state index is 0.110. The van der Waals surface area contributed by atoms with Crippen LogP contribution in [0.15, 0.2) is 64.3 Å². The molecule has 0 saturated heterocycles. The molecule has 7 nitrogen and oxygen atoms in total. The van der Waals surface area contributed by atoms with Crippen LogP contribution in [0.1, 0.15) is 24.4 Å². The molecule has 0 saturated carbocycles. The van der Waals surface area contributed by atoms with Gasteiger partial charge in [0, 0.05) is 12.1 Å². The van der Waals surface area contributed by atoms with Gasteiger partial charge < -0.3 is 4.74 Å². The number of aryl methyl sites for hydroxylation is 1. The molecule has 1 atom stereocenters. The van der Waals surface area contributed by atoms with Gasteiger partial charge >= 0.3 is 0 Å². The lowest BCUT2D eigenvalue weighted by atomic mass is 10.1. The number of benzene rings is 3. The second kappa shape index (κ2) is 10.0. The average molecular weight is 567 g/mol. The lowest BCUT2D eigenvalue weighted by Crippen LogP contribution is -2.35. The molecular weight excluding hydrogens is 545 g/mol. The van der Waals surface area contributed by atoms with E-state index in [1.54, 1.807) is 50.4 Å². The summed E-state index contributed by atoms with van der Waals surface area (Å²) in [5.41, 5.74) is 1.54. The third kappa shape index (κ3) is 4.71. The molecule has 0 radical (unpaired) electrons. The quantitative estimate of drug-likeness (QED) is 0.284. The fourth-order valence-electron chi connectivity index (χ4n) is 3.86. The standard InChI is InChI=1S/C25H22Cl3N3O4S/c1-14-5-10-19-22(11-14)29-24(31(25(19)32)17-6-8-18(35-4)9-7-17)15(2)30(3)36(33,34)23-20(27)12-16(26)13-21(23)28/h5-13,15H,1-4H3. The van der Waals surface area contributed by atoms with Gasteiger partial charge in [-0.2, -0.15) is 4.31 Å². The minimum Gasteiger partial charge on any atom is -0.497 e. The first-order valence-electron chi connectivity index (χ1n) is 10.8. The molecule has 0 fully saturated rings. The van der Waals surface area contributed by atoms with Gasteiger partial charge in [-0.3, -0.25) is 9.36 Å². The van der Waals surface area contributed by atoms with Crippen LogP contribution in [0.2, 0.25) is 15.1 Å². The number of hydrogen-bond acceptors (Lipinski definition) is 5. The molecule has 4 rings (SSSR count). The Morgan fingerprint density at radius 1 is 1.00 bits per heavy atom. The van der Waals surface area contributed by atoms with E-state index >= 15 is 0 Å². The Morgan fingerprint density at radius 3 is 2.19 bits per heavy atom. The molecule has 0 spiro atoms. The molecule has 0 aliphatic heterocycles. The maximum absolute atomic E-state index is 13.7. The van der Waals surface area contributed by atoms with Crippen molar-refractivity contribution in [3.63, 3.8) is 0 Å². The number of sulfonamides is 1. The Hall–Kier alpha value is -2.62. The molecule has 0 aliphatic carbocycles. The number of ether oxygens (including phenoxy) is 1. The van der Waals surface area contributed by atoms with Crippen molar-refractivity contribution in [2.45, 2.75) is 24.8 Å². The number of fused-ring (bicyclic) bond motifs is 1. The summed E-state index contributed by atoms with van der Waals surface area (Å²) in [5.74, 6) is 0.827. The first-order valence-corrected chi connectivity index (χ1v) is 13.3. The molecule has 4 aromatic rings. The lowest BCUT2D eigenvalue weighted by molar-refractivity contribution is 0.379. The van der Waals surface area contributed by atoms with Crippen molar-refractivity contribution in [1.82, 2.24) is 13.9 Å². The normalized spacial score (nSPS) is 12.8. The highest BCUT2D eigenvalue weighted by atomic mass is 35.5. The Kier molecular flexibility index (Phi) is 7.37. The van der Waals surface area contributed by atoms with Crippen molar-refractivity contribution in [3.05, 3.63) is 91.4 Å². The predicted molar refractivity (Wildman–Crippen MR) is 143 cm³/mol. The molecule has 1 aromatic heterocycles. The summed E-state index contributed by atoms with van der Waals surface area (Å²) in [6, 6.07) is 13.9. The third-order valence-electron chi connectivity index (χ3n) is 5.90. The first-order chi connectivity index (χ1) is 16.9. The van der Waals surface area contributed by atoms with Gasteiger partial charge in [-0.1, -0.05) is 40.9 Å². The van der Waals surface area contributed by atoms with Crippen molar-refractivity contribution in [3.8, 4) is 11.4 Å². The maximum Gasteiger partial charge on any atom is 0.266 e. The molecule has 36 heavy (non-hydrogen) atoms. The smallest absolute Gasteiger partial charge is 0.266 e. The van der Waals surface area contributed by atoms with Crippen LogP contribution in [-0.4, -0.2) is 36.4 Å². The van der Waals surface area contributed by atoms with E-state index in [9.17, 15) is 13.2 Å². The van der Waals surface area contributed by atoms with Crippen molar-refractivity contribution >= 4 is 55.7 Å². The van der Waals surface area contributed by atoms with Crippen LogP contribution in [0.25, 0.3) is 16.6 Å².